The topological polar surface area (TPSA) is 24.1 Å². The van der Waals surface area contributed by atoms with Crippen LogP contribution in [0.25, 0.3) is 0 Å². The van der Waals surface area contributed by atoms with Gasteiger partial charge in [0.25, 0.3) is 0 Å². The predicted molar refractivity (Wildman–Crippen MR) is 61.5 cm³/mol. The Labute approximate surface area is 86.2 Å². The highest BCUT2D eigenvalue weighted by atomic mass is 32.2. The highest BCUT2D eigenvalue weighted by molar-refractivity contribution is 7.98. The molecule has 1 atom stereocenters. The lowest BCUT2D eigenvalue weighted by atomic mass is 10.1. The molecule has 1 aliphatic rings. The van der Waals surface area contributed by atoms with E-state index in [2.05, 4.69) is 23.8 Å². The summed E-state index contributed by atoms with van der Waals surface area (Å²) in [6, 6.07) is 1.45. The van der Waals surface area contributed by atoms with E-state index in [1.54, 1.807) is 0 Å². The molecule has 0 saturated carbocycles. The molecule has 0 aromatic heterocycles. The number of piperidine rings is 1. The minimum Gasteiger partial charge on any atom is -0.317 e. The van der Waals surface area contributed by atoms with Crippen molar-refractivity contribution in [3.8, 4) is 0 Å². The molecule has 13 heavy (non-hydrogen) atoms. The SMILES string of the molecule is CSCCC(C)NC1CCNCC1. The van der Waals surface area contributed by atoms with Crippen LogP contribution in [0.1, 0.15) is 26.2 Å². The lowest BCUT2D eigenvalue weighted by Crippen LogP contribution is -2.43. The third kappa shape index (κ3) is 4.89. The molecule has 2 nitrogen and oxygen atoms in total. The van der Waals surface area contributed by atoms with Gasteiger partial charge < -0.3 is 10.6 Å². The van der Waals surface area contributed by atoms with E-state index in [9.17, 15) is 0 Å². The Morgan fingerprint density at radius 3 is 2.77 bits per heavy atom. The van der Waals surface area contributed by atoms with Crippen molar-refractivity contribution in [2.24, 2.45) is 0 Å². The third-order valence-electron chi connectivity index (χ3n) is 2.61. The summed E-state index contributed by atoms with van der Waals surface area (Å²) in [5.41, 5.74) is 0. The molecule has 0 amide bonds. The molecular formula is C10H22N2S. The van der Waals surface area contributed by atoms with Gasteiger partial charge in [-0.25, -0.2) is 0 Å². The summed E-state index contributed by atoms with van der Waals surface area (Å²) in [5.74, 6) is 1.28. The molecule has 1 heterocycles. The van der Waals surface area contributed by atoms with Gasteiger partial charge in [-0.2, -0.15) is 11.8 Å². The maximum Gasteiger partial charge on any atom is 0.00937 e. The fraction of sp³-hybridized carbons (Fsp3) is 1.00. The zero-order valence-electron chi connectivity index (χ0n) is 8.81. The van der Waals surface area contributed by atoms with Crippen LogP contribution in [0.4, 0.5) is 0 Å². The van der Waals surface area contributed by atoms with Crippen LogP contribution < -0.4 is 10.6 Å². The Balaban J connectivity index is 2.07. The molecule has 0 radical (unpaired) electrons. The lowest BCUT2D eigenvalue weighted by Gasteiger charge is -2.27. The second kappa shape index (κ2) is 6.68. The number of hydrogen-bond donors (Lipinski definition) is 2. The molecule has 78 valence electrons. The van der Waals surface area contributed by atoms with Crippen LogP contribution in [-0.2, 0) is 0 Å². The summed E-state index contributed by atoms with van der Waals surface area (Å²) < 4.78 is 0. The number of nitrogens with one attached hydrogen (secondary N) is 2. The van der Waals surface area contributed by atoms with Gasteiger partial charge in [0.15, 0.2) is 0 Å². The molecule has 0 spiro atoms. The summed E-state index contributed by atoms with van der Waals surface area (Å²) in [5, 5.41) is 7.09. The van der Waals surface area contributed by atoms with Gasteiger partial charge in [-0.1, -0.05) is 0 Å². The van der Waals surface area contributed by atoms with Crippen molar-refractivity contribution in [3.63, 3.8) is 0 Å². The van der Waals surface area contributed by atoms with Crippen LogP contribution in [0, 0.1) is 0 Å². The van der Waals surface area contributed by atoms with E-state index < -0.39 is 0 Å². The minimum absolute atomic E-state index is 0.690. The van der Waals surface area contributed by atoms with Gasteiger partial charge >= 0.3 is 0 Å². The standard InChI is InChI=1S/C10H22N2S/c1-9(5-8-13-2)12-10-3-6-11-7-4-10/h9-12H,3-8H2,1-2H3. The summed E-state index contributed by atoms with van der Waals surface area (Å²) in [4.78, 5) is 0. The van der Waals surface area contributed by atoms with Crippen molar-refractivity contribution in [2.75, 3.05) is 25.1 Å². The van der Waals surface area contributed by atoms with Crippen molar-refractivity contribution in [1.29, 1.82) is 0 Å². The first-order valence-electron chi connectivity index (χ1n) is 5.28. The third-order valence-corrected chi connectivity index (χ3v) is 3.26. The zero-order valence-corrected chi connectivity index (χ0v) is 9.62. The summed E-state index contributed by atoms with van der Waals surface area (Å²) in [6.07, 6.45) is 6.07. The van der Waals surface area contributed by atoms with E-state index in [4.69, 9.17) is 0 Å². The van der Waals surface area contributed by atoms with Crippen molar-refractivity contribution >= 4 is 11.8 Å². The molecule has 0 bridgehead atoms. The van der Waals surface area contributed by atoms with E-state index in [1.807, 2.05) is 11.8 Å². The predicted octanol–water partition coefficient (Wildman–Crippen LogP) is 1.47. The van der Waals surface area contributed by atoms with Crippen LogP contribution in [0.3, 0.4) is 0 Å². The van der Waals surface area contributed by atoms with Gasteiger partial charge in [0.2, 0.25) is 0 Å². The largest absolute Gasteiger partial charge is 0.317 e. The Morgan fingerprint density at radius 1 is 1.46 bits per heavy atom. The average Bonchev–Trinajstić information content (AvgIpc) is 2.16. The number of rotatable bonds is 5. The first-order valence-corrected chi connectivity index (χ1v) is 6.68. The number of thioether (sulfide) groups is 1. The van der Waals surface area contributed by atoms with Gasteiger partial charge in [0.1, 0.15) is 0 Å². The molecular weight excluding hydrogens is 180 g/mol. The van der Waals surface area contributed by atoms with E-state index in [1.165, 1.54) is 38.1 Å². The van der Waals surface area contributed by atoms with Crippen LogP contribution in [-0.4, -0.2) is 37.2 Å². The van der Waals surface area contributed by atoms with E-state index >= 15 is 0 Å². The second-order valence-electron chi connectivity index (χ2n) is 3.87. The van der Waals surface area contributed by atoms with Crippen LogP contribution in [0.15, 0.2) is 0 Å². The average molecular weight is 202 g/mol. The van der Waals surface area contributed by atoms with Crippen LogP contribution in [0.2, 0.25) is 0 Å². The van der Waals surface area contributed by atoms with Gasteiger partial charge in [0, 0.05) is 12.1 Å². The van der Waals surface area contributed by atoms with Gasteiger partial charge in [-0.3, -0.25) is 0 Å². The molecule has 1 rings (SSSR count). The molecule has 0 aliphatic carbocycles. The van der Waals surface area contributed by atoms with Crippen molar-refractivity contribution < 1.29 is 0 Å². The Kier molecular flexibility index (Phi) is 5.83. The normalized spacial score (nSPS) is 21.7. The van der Waals surface area contributed by atoms with Crippen molar-refractivity contribution in [2.45, 2.75) is 38.3 Å². The maximum atomic E-state index is 3.70. The first-order chi connectivity index (χ1) is 6.33. The smallest absolute Gasteiger partial charge is 0.00937 e. The summed E-state index contributed by atoms with van der Waals surface area (Å²) in [7, 11) is 0. The fourth-order valence-corrected chi connectivity index (χ4v) is 2.36. The monoisotopic (exact) mass is 202 g/mol. The zero-order chi connectivity index (χ0) is 9.52. The molecule has 1 fully saturated rings. The van der Waals surface area contributed by atoms with Crippen molar-refractivity contribution in [3.05, 3.63) is 0 Å². The quantitative estimate of drug-likeness (QED) is 0.706. The lowest BCUT2D eigenvalue weighted by molar-refractivity contribution is 0.353. The van der Waals surface area contributed by atoms with E-state index in [0.29, 0.717) is 6.04 Å². The molecule has 1 saturated heterocycles. The highest BCUT2D eigenvalue weighted by Crippen LogP contribution is 2.06. The van der Waals surface area contributed by atoms with Gasteiger partial charge in [-0.05, 0) is 51.3 Å². The Hall–Kier alpha value is 0.270. The van der Waals surface area contributed by atoms with Crippen LogP contribution in [0.5, 0.6) is 0 Å². The van der Waals surface area contributed by atoms with Crippen molar-refractivity contribution in [1.82, 2.24) is 10.6 Å². The summed E-state index contributed by atoms with van der Waals surface area (Å²) in [6.45, 7) is 4.68. The highest BCUT2D eigenvalue weighted by Gasteiger charge is 2.14. The van der Waals surface area contributed by atoms with Gasteiger partial charge in [-0.15, -0.1) is 0 Å². The van der Waals surface area contributed by atoms with Crippen LogP contribution >= 0.6 is 11.8 Å². The fourth-order valence-electron chi connectivity index (χ4n) is 1.77. The Bertz CT molecular complexity index is 124. The maximum absolute atomic E-state index is 3.70. The van der Waals surface area contributed by atoms with E-state index in [0.717, 1.165) is 6.04 Å². The molecule has 1 unspecified atom stereocenters. The molecule has 3 heteroatoms. The Morgan fingerprint density at radius 2 is 2.15 bits per heavy atom. The van der Waals surface area contributed by atoms with E-state index in [-0.39, 0.29) is 0 Å². The molecule has 2 N–H and O–H groups in total. The molecule has 0 aromatic rings. The minimum atomic E-state index is 0.690. The van der Waals surface area contributed by atoms with Gasteiger partial charge in [0.05, 0.1) is 0 Å². The molecule has 0 aromatic carbocycles. The second-order valence-corrected chi connectivity index (χ2v) is 4.86. The first kappa shape index (κ1) is 11.3. The summed E-state index contributed by atoms with van der Waals surface area (Å²) >= 11 is 1.94. The number of hydrogen-bond acceptors (Lipinski definition) is 3. The molecule has 1 aliphatic heterocycles.